The van der Waals surface area contributed by atoms with Crippen molar-refractivity contribution in [2.45, 2.75) is 11.3 Å². The predicted molar refractivity (Wildman–Crippen MR) is 95.0 cm³/mol. The number of rotatable bonds is 6. The summed E-state index contributed by atoms with van der Waals surface area (Å²) in [5, 5.41) is 4.01. The van der Waals surface area contributed by atoms with Crippen LogP contribution in [0, 0.1) is 0 Å². The molecule has 2 aromatic rings. The minimum atomic E-state index is -0.114. The zero-order valence-corrected chi connectivity index (χ0v) is 13.9. The number of nitrogens with one attached hydrogen (secondary N) is 1. The average molecular weight is 342 g/mol. The van der Waals surface area contributed by atoms with Gasteiger partial charge in [-0.3, -0.25) is 4.79 Å². The second kappa shape index (κ2) is 8.40. The molecule has 1 N–H and O–H groups in total. The van der Waals surface area contributed by atoms with Crippen LogP contribution in [0.25, 0.3) is 0 Å². The topological polar surface area (TPSA) is 59.9 Å². The Bertz CT molecular complexity index is 719. The summed E-state index contributed by atoms with van der Waals surface area (Å²) in [4.78, 5) is 13.0. The fourth-order valence-electron chi connectivity index (χ4n) is 2.21. The number of hydrogen-bond acceptors (Lipinski definition) is 5. The van der Waals surface area contributed by atoms with Gasteiger partial charge in [0.05, 0.1) is 6.21 Å². The molecule has 0 saturated carbocycles. The van der Waals surface area contributed by atoms with E-state index in [-0.39, 0.29) is 5.91 Å². The number of benzene rings is 2. The summed E-state index contributed by atoms with van der Waals surface area (Å²) in [6.45, 7) is 1.06. The van der Waals surface area contributed by atoms with Crippen LogP contribution in [0.3, 0.4) is 0 Å². The summed E-state index contributed by atoms with van der Waals surface area (Å²) in [5.74, 6) is 1.97. The lowest BCUT2D eigenvalue weighted by molar-refractivity contribution is -0.120. The quantitative estimate of drug-likeness (QED) is 0.498. The van der Waals surface area contributed by atoms with Crippen LogP contribution >= 0.6 is 11.8 Å². The number of fused-ring (bicyclic) bond motifs is 1. The first kappa shape index (κ1) is 16.4. The minimum absolute atomic E-state index is 0.114. The van der Waals surface area contributed by atoms with Gasteiger partial charge in [-0.05, 0) is 24.3 Å². The summed E-state index contributed by atoms with van der Waals surface area (Å²) >= 11 is 1.65. The summed E-state index contributed by atoms with van der Waals surface area (Å²) in [5.41, 5.74) is 3.33. The number of ether oxygens (including phenoxy) is 2. The third-order valence-electron chi connectivity index (χ3n) is 3.33. The van der Waals surface area contributed by atoms with Gasteiger partial charge in [-0.15, -0.1) is 11.8 Å². The molecule has 0 aliphatic carbocycles. The highest BCUT2D eigenvalue weighted by atomic mass is 32.2. The second-order valence-corrected chi connectivity index (χ2v) is 6.24. The van der Waals surface area contributed by atoms with E-state index < -0.39 is 0 Å². The molecule has 0 fully saturated rings. The molecule has 6 heteroatoms. The Balaban J connectivity index is 1.47. The van der Waals surface area contributed by atoms with Gasteiger partial charge >= 0.3 is 0 Å². The smallest absolute Gasteiger partial charge is 0.240 e. The lowest BCUT2D eigenvalue weighted by Crippen LogP contribution is -2.19. The molecule has 0 spiro atoms. The number of carbonyl (C=O) groups is 1. The van der Waals surface area contributed by atoms with Crippen molar-refractivity contribution in [2.75, 3.05) is 19.0 Å². The van der Waals surface area contributed by atoms with E-state index in [1.807, 2.05) is 48.5 Å². The molecular formula is C18H18N2O3S. The van der Waals surface area contributed by atoms with Crippen LogP contribution < -0.4 is 14.9 Å². The summed E-state index contributed by atoms with van der Waals surface area (Å²) in [7, 11) is 0. The predicted octanol–water partition coefficient (Wildman–Crippen LogP) is 3.09. The average Bonchev–Trinajstić information content (AvgIpc) is 2.63. The molecule has 5 nitrogen and oxygen atoms in total. The molecule has 124 valence electrons. The molecule has 0 saturated heterocycles. The van der Waals surface area contributed by atoms with Crippen molar-refractivity contribution < 1.29 is 14.3 Å². The van der Waals surface area contributed by atoms with Gasteiger partial charge in [0, 0.05) is 22.6 Å². The molecule has 1 aliphatic rings. The first-order chi connectivity index (χ1) is 11.8. The fraction of sp³-hybridized carbons (Fsp3) is 0.222. The molecule has 24 heavy (non-hydrogen) atoms. The van der Waals surface area contributed by atoms with Gasteiger partial charge in [-0.2, -0.15) is 5.10 Å². The van der Waals surface area contributed by atoms with E-state index in [2.05, 4.69) is 10.5 Å². The molecule has 0 radical (unpaired) electrons. The number of thioether (sulfide) groups is 1. The van der Waals surface area contributed by atoms with Gasteiger partial charge in [-0.25, -0.2) is 5.43 Å². The Kier molecular flexibility index (Phi) is 5.74. The molecule has 0 bridgehead atoms. The molecule has 2 aromatic carbocycles. The van der Waals surface area contributed by atoms with E-state index in [1.165, 1.54) is 0 Å². The molecule has 1 amide bonds. The normalized spacial score (nSPS) is 13.0. The molecule has 1 heterocycles. The van der Waals surface area contributed by atoms with Crippen molar-refractivity contribution in [2.24, 2.45) is 5.10 Å². The Labute approximate surface area is 145 Å². The maximum absolute atomic E-state index is 11.8. The van der Waals surface area contributed by atoms with Crippen LogP contribution in [-0.2, 0) is 4.79 Å². The fourth-order valence-corrected chi connectivity index (χ4v) is 3.08. The number of amides is 1. The largest absolute Gasteiger partial charge is 0.486 e. The summed E-state index contributed by atoms with van der Waals surface area (Å²) in [6, 6.07) is 15.6. The first-order valence-corrected chi connectivity index (χ1v) is 8.70. The highest BCUT2D eigenvalue weighted by Crippen LogP contribution is 2.32. The standard InChI is InChI=1S/C18H18N2O3S/c21-17(9-12-24-15-6-2-1-3-7-15)20-19-13-14-5-4-8-16-18(14)23-11-10-22-16/h1-8,13H,9-12H2,(H,20,21)/b19-13-. The van der Waals surface area contributed by atoms with E-state index in [9.17, 15) is 4.79 Å². The van der Waals surface area contributed by atoms with Crippen molar-refractivity contribution in [1.29, 1.82) is 0 Å². The van der Waals surface area contributed by atoms with Crippen LogP contribution in [0.5, 0.6) is 11.5 Å². The van der Waals surface area contributed by atoms with Crippen molar-refractivity contribution in [1.82, 2.24) is 5.43 Å². The van der Waals surface area contributed by atoms with E-state index >= 15 is 0 Å². The third-order valence-corrected chi connectivity index (χ3v) is 4.34. The summed E-state index contributed by atoms with van der Waals surface area (Å²) < 4.78 is 11.1. The number of nitrogens with zero attached hydrogens (tertiary/aromatic N) is 1. The Morgan fingerprint density at radius 2 is 1.96 bits per heavy atom. The number of carbonyl (C=O) groups excluding carboxylic acids is 1. The molecule has 0 atom stereocenters. The van der Waals surface area contributed by atoms with E-state index in [1.54, 1.807) is 18.0 Å². The Morgan fingerprint density at radius 1 is 1.12 bits per heavy atom. The Hall–Kier alpha value is -2.47. The SMILES string of the molecule is O=C(CCSc1ccccc1)N/N=C\c1cccc2c1OCCO2. The summed E-state index contributed by atoms with van der Waals surface area (Å²) in [6.07, 6.45) is 1.99. The zero-order valence-electron chi connectivity index (χ0n) is 13.1. The van der Waals surface area contributed by atoms with Gasteiger partial charge in [-0.1, -0.05) is 24.3 Å². The molecule has 0 unspecified atom stereocenters. The monoisotopic (exact) mass is 342 g/mol. The number of hydrogen-bond donors (Lipinski definition) is 1. The van der Waals surface area contributed by atoms with E-state index in [0.29, 0.717) is 36.9 Å². The van der Waals surface area contributed by atoms with Gasteiger partial charge < -0.3 is 9.47 Å². The van der Waals surface area contributed by atoms with Crippen LogP contribution in [0.4, 0.5) is 0 Å². The van der Waals surface area contributed by atoms with E-state index in [4.69, 9.17) is 9.47 Å². The Morgan fingerprint density at radius 3 is 2.83 bits per heavy atom. The lowest BCUT2D eigenvalue weighted by Gasteiger charge is -2.19. The highest BCUT2D eigenvalue weighted by Gasteiger charge is 2.14. The van der Waals surface area contributed by atoms with Gasteiger partial charge in [0.25, 0.3) is 0 Å². The maximum atomic E-state index is 11.8. The third kappa shape index (κ3) is 4.52. The molecular weight excluding hydrogens is 324 g/mol. The number of hydrazone groups is 1. The maximum Gasteiger partial charge on any atom is 0.240 e. The highest BCUT2D eigenvalue weighted by molar-refractivity contribution is 7.99. The first-order valence-electron chi connectivity index (χ1n) is 7.71. The van der Waals surface area contributed by atoms with Crippen LogP contribution in [0.15, 0.2) is 58.5 Å². The van der Waals surface area contributed by atoms with E-state index in [0.717, 1.165) is 10.5 Å². The van der Waals surface area contributed by atoms with Crippen molar-refractivity contribution in [3.8, 4) is 11.5 Å². The second-order valence-electron chi connectivity index (χ2n) is 5.08. The van der Waals surface area contributed by atoms with Crippen molar-refractivity contribution >= 4 is 23.9 Å². The number of para-hydroxylation sites is 1. The zero-order chi connectivity index (χ0) is 16.6. The minimum Gasteiger partial charge on any atom is -0.486 e. The van der Waals surface area contributed by atoms with Crippen LogP contribution in [0.2, 0.25) is 0 Å². The van der Waals surface area contributed by atoms with Crippen LogP contribution in [0.1, 0.15) is 12.0 Å². The lowest BCUT2D eigenvalue weighted by atomic mass is 10.2. The molecule has 0 aromatic heterocycles. The van der Waals surface area contributed by atoms with Gasteiger partial charge in [0.1, 0.15) is 13.2 Å². The van der Waals surface area contributed by atoms with Gasteiger partial charge in [0.2, 0.25) is 5.91 Å². The molecule has 3 rings (SSSR count). The van der Waals surface area contributed by atoms with Crippen molar-refractivity contribution in [3.63, 3.8) is 0 Å². The van der Waals surface area contributed by atoms with Crippen LogP contribution in [-0.4, -0.2) is 31.1 Å². The van der Waals surface area contributed by atoms with Crippen molar-refractivity contribution in [3.05, 3.63) is 54.1 Å². The molecule has 1 aliphatic heterocycles. The van der Waals surface area contributed by atoms with Gasteiger partial charge in [0.15, 0.2) is 11.5 Å².